The lowest BCUT2D eigenvalue weighted by molar-refractivity contribution is -0.125. The molecule has 0 radical (unpaired) electrons. The van der Waals surface area contributed by atoms with Crippen molar-refractivity contribution in [2.45, 2.75) is 26.7 Å². The zero-order chi connectivity index (χ0) is 12.9. The van der Waals surface area contributed by atoms with Crippen LogP contribution in [0.15, 0.2) is 0 Å². The highest BCUT2D eigenvalue weighted by atomic mass is 16.5. The summed E-state index contributed by atoms with van der Waals surface area (Å²) in [5.41, 5.74) is 5.25. The molecule has 0 heterocycles. The summed E-state index contributed by atoms with van der Waals surface area (Å²) >= 11 is 0. The Morgan fingerprint density at radius 3 is 2.88 bits per heavy atom. The van der Waals surface area contributed by atoms with Crippen molar-refractivity contribution < 1.29 is 9.53 Å². The van der Waals surface area contributed by atoms with Crippen LogP contribution >= 0.6 is 0 Å². The number of ether oxygens (including phenoxy) is 1. The fourth-order valence-corrected chi connectivity index (χ4v) is 1.44. The maximum atomic E-state index is 11.3. The minimum absolute atomic E-state index is 0.0583. The van der Waals surface area contributed by atoms with Gasteiger partial charge in [0.15, 0.2) is 0 Å². The van der Waals surface area contributed by atoms with Crippen molar-refractivity contribution in [1.82, 2.24) is 10.6 Å². The molecule has 5 heteroatoms. The van der Waals surface area contributed by atoms with Gasteiger partial charge < -0.3 is 21.1 Å². The van der Waals surface area contributed by atoms with E-state index in [2.05, 4.69) is 24.5 Å². The molecule has 0 fully saturated rings. The quantitative estimate of drug-likeness (QED) is 0.451. The maximum absolute atomic E-state index is 11.3. The van der Waals surface area contributed by atoms with Crippen LogP contribution in [0.1, 0.15) is 26.7 Å². The van der Waals surface area contributed by atoms with Crippen LogP contribution in [0, 0.1) is 5.92 Å². The molecule has 0 bridgehead atoms. The summed E-state index contributed by atoms with van der Waals surface area (Å²) in [5, 5.41) is 6.14. The minimum atomic E-state index is -0.0583. The number of nitrogens with two attached hydrogens (primary N) is 1. The molecule has 0 aliphatic rings. The van der Waals surface area contributed by atoms with Gasteiger partial charge in [0, 0.05) is 13.1 Å². The van der Waals surface area contributed by atoms with Crippen molar-refractivity contribution in [2.24, 2.45) is 11.7 Å². The first-order valence-electron chi connectivity index (χ1n) is 6.45. The summed E-state index contributed by atoms with van der Waals surface area (Å²) in [4.78, 5) is 11.3. The predicted molar refractivity (Wildman–Crippen MR) is 69.8 cm³/mol. The van der Waals surface area contributed by atoms with E-state index in [1.54, 1.807) is 0 Å². The lowest BCUT2D eigenvalue weighted by Crippen LogP contribution is -2.32. The smallest absolute Gasteiger partial charge is 0.246 e. The fraction of sp³-hybridized carbons (Fsp3) is 0.917. The molecule has 0 saturated heterocycles. The van der Waals surface area contributed by atoms with Crippen molar-refractivity contribution in [2.75, 3.05) is 39.4 Å². The summed E-state index contributed by atoms with van der Waals surface area (Å²) in [5.74, 6) is 0.448. The number of carbonyl (C=O) groups excluding carboxylic acids is 1. The van der Waals surface area contributed by atoms with E-state index in [-0.39, 0.29) is 12.5 Å². The average molecular weight is 245 g/mol. The molecule has 1 amide bonds. The molecule has 0 aliphatic carbocycles. The van der Waals surface area contributed by atoms with Gasteiger partial charge in [-0.25, -0.2) is 0 Å². The molecule has 0 aromatic rings. The van der Waals surface area contributed by atoms with Crippen molar-refractivity contribution in [3.8, 4) is 0 Å². The molecule has 1 unspecified atom stereocenters. The largest absolute Gasteiger partial charge is 0.370 e. The second kappa shape index (κ2) is 11.8. The molecular formula is C12H27N3O2. The van der Waals surface area contributed by atoms with Crippen molar-refractivity contribution in [3.63, 3.8) is 0 Å². The molecule has 0 spiro atoms. The third-order valence-corrected chi connectivity index (χ3v) is 2.44. The highest BCUT2D eigenvalue weighted by Gasteiger charge is 2.05. The van der Waals surface area contributed by atoms with Crippen LogP contribution in [-0.2, 0) is 9.53 Å². The molecule has 102 valence electrons. The molecule has 0 aromatic heterocycles. The molecular weight excluding hydrogens is 218 g/mol. The summed E-state index contributed by atoms with van der Waals surface area (Å²) in [6.07, 6.45) is 2.27. The Kier molecular flexibility index (Phi) is 11.4. The van der Waals surface area contributed by atoms with Crippen LogP contribution < -0.4 is 16.4 Å². The third kappa shape index (κ3) is 11.6. The van der Waals surface area contributed by atoms with Crippen molar-refractivity contribution in [1.29, 1.82) is 0 Å². The molecule has 0 rings (SSSR count). The van der Waals surface area contributed by atoms with E-state index in [0.717, 1.165) is 32.5 Å². The zero-order valence-electron chi connectivity index (χ0n) is 11.1. The van der Waals surface area contributed by atoms with E-state index in [1.165, 1.54) is 0 Å². The summed E-state index contributed by atoms with van der Waals surface area (Å²) < 4.78 is 5.04. The standard InChI is InChI=1S/C12H27N3O2/c1-3-14-7-4-5-11(2)9-15-12(16)10-17-8-6-13/h11,14H,3-10,13H2,1-2H3,(H,15,16). The van der Waals surface area contributed by atoms with Gasteiger partial charge in [-0.15, -0.1) is 0 Å². The zero-order valence-corrected chi connectivity index (χ0v) is 11.1. The molecule has 17 heavy (non-hydrogen) atoms. The Balaban J connectivity index is 3.35. The fourth-order valence-electron chi connectivity index (χ4n) is 1.44. The van der Waals surface area contributed by atoms with Crippen LogP contribution in [0.2, 0.25) is 0 Å². The second-order valence-electron chi connectivity index (χ2n) is 4.25. The molecule has 0 aliphatic heterocycles. The summed E-state index contributed by atoms with van der Waals surface area (Å²) in [6.45, 7) is 8.04. The molecule has 0 saturated carbocycles. The van der Waals surface area contributed by atoms with Gasteiger partial charge in [-0.1, -0.05) is 13.8 Å². The third-order valence-electron chi connectivity index (χ3n) is 2.44. The monoisotopic (exact) mass is 245 g/mol. The summed E-state index contributed by atoms with van der Waals surface area (Å²) in [6, 6.07) is 0. The Hall–Kier alpha value is -0.650. The van der Waals surface area contributed by atoms with E-state index in [4.69, 9.17) is 10.5 Å². The first-order valence-corrected chi connectivity index (χ1v) is 6.45. The van der Waals surface area contributed by atoms with Gasteiger partial charge in [-0.2, -0.15) is 0 Å². The average Bonchev–Trinajstić information content (AvgIpc) is 2.32. The number of rotatable bonds is 11. The molecule has 4 N–H and O–H groups in total. The summed E-state index contributed by atoms with van der Waals surface area (Å²) in [7, 11) is 0. The van der Waals surface area contributed by atoms with E-state index < -0.39 is 0 Å². The first-order chi connectivity index (χ1) is 8.20. The van der Waals surface area contributed by atoms with Gasteiger partial charge in [-0.3, -0.25) is 4.79 Å². The minimum Gasteiger partial charge on any atom is -0.370 e. The van der Waals surface area contributed by atoms with Gasteiger partial charge >= 0.3 is 0 Å². The Bertz CT molecular complexity index is 189. The van der Waals surface area contributed by atoms with Crippen LogP contribution in [-0.4, -0.2) is 45.3 Å². The predicted octanol–water partition coefficient (Wildman–Crippen LogP) is 0.104. The van der Waals surface area contributed by atoms with E-state index >= 15 is 0 Å². The van der Waals surface area contributed by atoms with E-state index in [0.29, 0.717) is 19.1 Å². The van der Waals surface area contributed by atoms with Crippen molar-refractivity contribution in [3.05, 3.63) is 0 Å². The van der Waals surface area contributed by atoms with Crippen molar-refractivity contribution >= 4 is 5.91 Å². The van der Waals surface area contributed by atoms with Gasteiger partial charge in [0.25, 0.3) is 0 Å². The van der Waals surface area contributed by atoms with Gasteiger partial charge in [-0.05, 0) is 31.8 Å². The normalized spacial score (nSPS) is 12.4. The molecule has 0 aromatic carbocycles. The molecule has 1 atom stereocenters. The van der Waals surface area contributed by atoms with Crippen LogP contribution in [0.4, 0.5) is 0 Å². The van der Waals surface area contributed by atoms with Gasteiger partial charge in [0.05, 0.1) is 6.61 Å². The topological polar surface area (TPSA) is 76.4 Å². The van der Waals surface area contributed by atoms with E-state index in [1.807, 2.05) is 0 Å². The SMILES string of the molecule is CCNCCCC(C)CNC(=O)COCCN. The maximum Gasteiger partial charge on any atom is 0.246 e. The number of amides is 1. The van der Waals surface area contributed by atoms with Gasteiger partial charge in [0.1, 0.15) is 6.61 Å². The highest BCUT2D eigenvalue weighted by Crippen LogP contribution is 2.02. The second-order valence-corrected chi connectivity index (χ2v) is 4.25. The van der Waals surface area contributed by atoms with Gasteiger partial charge in [0.2, 0.25) is 5.91 Å². The lowest BCUT2D eigenvalue weighted by atomic mass is 10.1. The Labute approximate surface area is 104 Å². The highest BCUT2D eigenvalue weighted by molar-refractivity contribution is 5.77. The number of nitrogens with one attached hydrogen (secondary N) is 2. The van der Waals surface area contributed by atoms with E-state index in [9.17, 15) is 4.79 Å². The number of hydrogen-bond acceptors (Lipinski definition) is 4. The lowest BCUT2D eigenvalue weighted by Gasteiger charge is -2.12. The van der Waals surface area contributed by atoms with Crippen LogP contribution in [0.3, 0.4) is 0 Å². The van der Waals surface area contributed by atoms with Crippen LogP contribution in [0.25, 0.3) is 0 Å². The Morgan fingerprint density at radius 1 is 1.47 bits per heavy atom. The van der Waals surface area contributed by atoms with Crippen LogP contribution in [0.5, 0.6) is 0 Å². The number of carbonyl (C=O) groups is 1. The number of hydrogen-bond donors (Lipinski definition) is 3. The Morgan fingerprint density at radius 2 is 2.24 bits per heavy atom. The first kappa shape index (κ1) is 16.4. The molecule has 5 nitrogen and oxygen atoms in total.